The Morgan fingerprint density at radius 3 is 2.53 bits per heavy atom. The first-order valence-corrected chi connectivity index (χ1v) is 10.9. The SMILES string of the molecule is O=C(NC1CCN(Cc2ccccc2)CC1)c1ccc2noc(-c3ccc(F)cc3)c2c1. The molecule has 1 aliphatic heterocycles. The standard InChI is InChI=1S/C26H24FN3O2/c27-21-9-6-19(7-10-21)25-23-16-20(8-11-24(23)29-32-25)26(31)28-22-12-14-30(15-13-22)17-18-4-2-1-3-5-18/h1-11,16,22H,12-15,17H2,(H,28,31). The Morgan fingerprint density at radius 1 is 1.03 bits per heavy atom. The van der Waals surface area contributed by atoms with Crippen molar-refractivity contribution in [2.45, 2.75) is 25.4 Å². The lowest BCUT2D eigenvalue weighted by Crippen LogP contribution is -2.44. The van der Waals surface area contributed by atoms with E-state index in [4.69, 9.17) is 4.52 Å². The highest BCUT2D eigenvalue weighted by Gasteiger charge is 2.22. The summed E-state index contributed by atoms with van der Waals surface area (Å²) in [6.07, 6.45) is 1.85. The molecule has 3 aromatic carbocycles. The van der Waals surface area contributed by atoms with Crippen LogP contribution in [0.4, 0.5) is 4.39 Å². The maximum Gasteiger partial charge on any atom is 0.251 e. The zero-order chi connectivity index (χ0) is 21.9. The maximum absolute atomic E-state index is 13.3. The minimum Gasteiger partial charge on any atom is -0.355 e. The van der Waals surface area contributed by atoms with Crippen LogP contribution in [0.1, 0.15) is 28.8 Å². The predicted molar refractivity (Wildman–Crippen MR) is 122 cm³/mol. The number of amides is 1. The van der Waals surface area contributed by atoms with Gasteiger partial charge in [0.2, 0.25) is 0 Å². The molecule has 0 unspecified atom stereocenters. The number of benzene rings is 3. The monoisotopic (exact) mass is 429 g/mol. The summed E-state index contributed by atoms with van der Waals surface area (Å²) in [5, 5.41) is 7.99. The zero-order valence-corrected chi connectivity index (χ0v) is 17.6. The van der Waals surface area contributed by atoms with E-state index in [9.17, 15) is 9.18 Å². The lowest BCUT2D eigenvalue weighted by molar-refractivity contribution is 0.0909. The van der Waals surface area contributed by atoms with Crippen molar-refractivity contribution in [3.8, 4) is 11.3 Å². The van der Waals surface area contributed by atoms with E-state index in [1.54, 1.807) is 30.3 Å². The summed E-state index contributed by atoms with van der Waals surface area (Å²) in [5.74, 6) is 0.121. The quantitative estimate of drug-likeness (QED) is 0.484. The first-order valence-electron chi connectivity index (χ1n) is 10.9. The highest BCUT2D eigenvalue weighted by molar-refractivity contribution is 6.01. The van der Waals surface area contributed by atoms with Crippen LogP contribution in [0.25, 0.3) is 22.2 Å². The summed E-state index contributed by atoms with van der Waals surface area (Å²) < 4.78 is 18.7. The number of nitrogens with zero attached hydrogens (tertiary/aromatic N) is 2. The minimum atomic E-state index is -0.313. The Bertz CT molecular complexity index is 1210. The first kappa shape index (κ1) is 20.4. The molecule has 0 saturated carbocycles. The van der Waals surface area contributed by atoms with E-state index in [1.807, 2.05) is 6.07 Å². The van der Waals surface area contributed by atoms with Gasteiger partial charge in [-0.15, -0.1) is 0 Å². The first-order chi connectivity index (χ1) is 15.7. The van der Waals surface area contributed by atoms with Gasteiger partial charge in [0.15, 0.2) is 5.76 Å². The zero-order valence-electron chi connectivity index (χ0n) is 17.6. The van der Waals surface area contributed by atoms with Gasteiger partial charge < -0.3 is 9.84 Å². The van der Waals surface area contributed by atoms with Crippen molar-refractivity contribution in [3.05, 3.63) is 89.7 Å². The molecule has 1 aliphatic rings. The van der Waals surface area contributed by atoms with Crippen LogP contribution in [0, 0.1) is 5.82 Å². The van der Waals surface area contributed by atoms with Crippen molar-refractivity contribution in [1.82, 2.24) is 15.4 Å². The molecule has 4 aromatic rings. The second-order valence-electron chi connectivity index (χ2n) is 8.26. The smallest absolute Gasteiger partial charge is 0.251 e. The lowest BCUT2D eigenvalue weighted by atomic mass is 10.0. The van der Waals surface area contributed by atoms with Crippen molar-refractivity contribution >= 4 is 16.8 Å². The van der Waals surface area contributed by atoms with Gasteiger partial charge in [0, 0.05) is 36.8 Å². The van der Waals surface area contributed by atoms with Gasteiger partial charge in [-0.25, -0.2) is 4.39 Å². The number of rotatable bonds is 5. The normalized spacial score (nSPS) is 15.2. The third-order valence-electron chi connectivity index (χ3n) is 6.02. The fourth-order valence-electron chi connectivity index (χ4n) is 4.24. The van der Waals surface area contributed by atoms with Gasteiger partial charge in [-0.1, -0.05) is 35.5 Å². The molecule has 2 heterocycles. The fraction of sp³-hybridized carbons (Fsp3) is 0.231. The number of aromatic nitrogens is 1. The molecule has 1 saturated heterocycles. The van der Waals surface area contributed by atoms with E-state index in [-0.39, 0.29) is 17.8 Å². The van der Waals surface area contributed by atoms with Gasteiger partial charge in [-0.3, -0.25) is 9.69 Å². The van der Waals surface area contributed by atoms with Crippen molar-refractivity contribution in [3.63, 3.8) is 0 Å². The molecule has 6 heteroatoms. The van der Waals surface area contributed by atoms with E-state index in [1.165, 1.54) is 17.7 Å². The lowest BCUT2D eigenvalue weighted by Gasteiger charge is -2.32. The van der Waals surface area contributed by atoms with Gasteiger partial charge in [0.05, 0.1) is 5.39 Å². The van der Waals surface area contributed by atoms with E-state index in [0.29, 0.717) is 16.8 Å². The molecule has 1 fully saturated rings. The Kier molecular flexibility index (Phi) is 5.69. The van der Waals surface area contributed by atoms with Crippen molar-refractivity contribution in [2.75, 3.05) is 13.1 Å². The maximum atomic E-state index is 13.3. The highest BCUT2D eigenvalue weighted by atomic mass is 19.1. The molecule has 1 aromatic heterocycles. The molecule has 0 bridgehead atoms. The molecular weight excluding hydrogens is 405 g/mol. The van der Waals surface area contributed by atoms with Crippen LogP contribution in [0.15, 0.2) is 77.3 Å². The second-order valence-corrected chi connectivity index (χ2v) is 8.26. The van der Waals surface area contributed by atoms with Crippen LogP contribution in [0.2, 0.25) is 0 Å². The molecule has 0 aliphatic carbocycles. The van der Waals surface area contributed by atoms with Gasteiger partial charge in [-0.05, 0) is 60.9 Å². The van der Waals surface area contributed by atoms with Crippen molar-refractivity contribution in [2.24, 2.45) is 0 Å². The predicted octanol–water partition coefficient (Wildman–Crippen LogP) is 5.03. The minimum absolute atomic E-state index is 0.0975. The average molecular weight is 429 g/mol. The van der Waals surface area contributed by atoms with Crippen molar-refractivity contribution < 1.29 is 13.7 Å². The Labute approximate surface area is 185 Å². The Hall–Kier alpha value is -3.51. The molecule has 0 atom stereocenters. The number of halogens is 1. The van der Waals surface area contributed by atoms with Gasteiger partial charge in [0.1, 0.15) is 11.3 Å². The molecular formula is C26H24FN3O2. The Morgan fingerprint density at radius 2 is 1.78 bits per heavy atom. The number of hydrogen-bond donors (Lipinski definition) is 1. The topological polar surface area (TPSA) is 58.4 Å². The Balaban J connectivity index is 1.24. The number of piperidine rings is 1. The summed E-state index contributed by atoms with van der Waals surface area (Å²) in [4.78, 5) is 15.3. The number of carbonyl (C=O) groups excluding carboxylic acids is 1. The second kappa shape index (κ2) is 8.93. The number of likely N-dealkylation sites (tertiary alicyclic amines) is 1. The number of fused-ring (bicyclic) bond motifs is 1. The van der Waals surface area contributed by atoms with Crippen molar-refractivity contribution in [1.29, 1.82) is 0 Å². The molecule has 162 valence electrons. The van der Waals surface area contributed by atoms with Gasteiger partial charge in [0.25, 0.3) is 5.91 Å². The number of carbonyl (C=O) groups is 1. The van der Waals surface area contributed by atoms with E-state index < -0.39 is 0 Å². The van der Waals surface area contributed by atoms with Crippen LogP contribution in [0.5, 0.6) is 0 Å². The molecule has 5 rings (SSSR count). The van der Waals surface area contributed by atoms with E-state index >= 15 is 0 Å². The fourth-order valence-corrected chi connectivity index (χ4v) is 4.24. The third-order valence-corrected chi connectivity index (χ3v) is 6.02. The van der Waals surface area contributed by atoms with Gasteiger partial charge >= 0.3 is 0 Å². The number of hydrogen-bond acceptors (Lipinski definition) is 4. The van der Waals surface area contributed by atoms with Crippen LogP contribution >= 0.6 is 0 Å². The molecule has 0 radical (unpaired) electrons. The van der Waals surface area contributed by atoms with E-state index in [2.05, 4.69) is 39.6 Å². The van der Waals surface area contributed by atoms with Gasteiger partial charge in [-0.2, -0.15) is 0 Å². The highest BCUT2D eigenvalue weighted by Crippen LogP contribution is 2.29. The molecule has 1 N–H and O–H groups in total. The summed E-state index contributed by atoms with van der Waals surface area (Å²) in [5.41, 5.74) is 3.26. The largest absolute Gasteiger partial charge is 0.355 e. The summed E-state index contributed by atoms with van der Waals surface area (Å²) in [7, 11) is 0. The molecule has 0 spiro atoms. The third kappa shape index (κ3) is 4.41. The van der Waals surface area contributed by atoms with Crippen LogP contribution in [-0.2, 0) is 6.54 Å². The number of nitrogens with one attached hydrogen (secondary N) is 1. The molecule has 5 nitrogen and oxygen atoms in total. The van der Waals surface area contributed by atoms with E-state index in [0.717, 1.165) is 43.4 Å². The van der Waals surface area contributed by atoms with Crippen LogP contribution < -0.4 is 5.32 Å². The summed E-state index contributed by atoms with van der Waals surface area (Å²) in [6, 6.07) is 22.0. The summed E-state index contributed by atoms with van der Waals surface area (Å²) in [6.45, 7) is 2.86. The molecule has 1 amide bonds. The van der Waals surface area contributed by atoms with Crippen LogP contribution in [0.3, 0.4) is 0 Å². The summed E-state index contributed by atoms with van der Waals surface area (Å²) >= 11 is 0. The average Bonchev–Trinajstić information content (AvgIpc) is 3.25. The van der Waals surface area contributed by atoms with Crippen LogP contribution in [-0.4, -0.2) is 35.1 Å². The molecule has 32 heavy (non-hydrogen) atoms.